The van der Waals surface area contributed by atoms with Crippen molar-refractivity contribution in [2.24, 2.45) is 16.5 Å². The number of hydrogen-bond acceptors (Lipinski definition) is 8. The highest BCUT2D eigenvalue weighted by Crippen LogP contribution is 2.19. The van der Waals surface area contributed by atoms with Crippen LogP contribution >= 0.6 is 11.6 Å². The van der Waals surface area contributed by atoms with Gasteiger partial charge in [-0.15, -0.1) is 0 Å². The zero-order valence-corrected chi connectivity index (χ0v) is 16.2. The average molecular weight is 410 g/mol. The Labute approximate surface area is 167 Å². The molecule has 1 atom stereocenters. The molecule has 0 fully saturated rings. The number of nitrogens with zero attached hydrogens (tertiary/aromatic N) is 1. The summed E-state index contributed by atoms with van der Waals surface area (Å²) in [6, 6.07) is 5.21. The molecule has 28 heavy (non-hydrogen) atoms. The first-order valence-corrected chi connectivity index (χ1v) is 8.55. The van der Waals surface area contributed by atoms with Crippen molar-refractivity contribution in [3.8, 4) is 0 Å². The molecule has 0 aliphatic carbocycles. The molecule has 1 unspecified atom stereocenters. The van der Waals surface area contributed by atoms with Gasteiger partial charge in [-0.25, -0.2) is 4.99 Å². The van der Waals surface area contributed by atoms with Crippen molar-refractivity contribution in [2.75, 3.05) is 6.54 Å². The molecular formula is C18H24ClN5O4. The third kappa shape index (κ3) is 7.49. The summed E-state index contributed by atoms with van der Waals surface area (Å²) in [6.07, 6.45) is 2.37. The van der Waals surface area contributed by atoms with Gasteiger partial charge in [0.25, 0.3) is 11.8 Å². The maximum absolute atomic E-state index is 11.7. The fourth-order valence-electron chi connectivity index (χ4n) is 1.80. The molecule has 0 aliphatic rings. The molecule has 1 aromatic carbocycles. The lowest BCUT2D eigenvalue weighted by atomic mass is 10.1. The second kappa shape index (κ2) is 10.00. The van der Waals surface area contributed by atoms with Crippen molar-refractivity contribution in [1.82, 2.24) is 5.32 Å². The van der Waals surface area contributed by atoms with Crippen LogP contribution in [0.4, 0.5) is 0 Å². The van der Waals surface area contributed by atoms with Crippen LogP contribution in [-0.4, -0.2) is 51.7 Å². The number of amides is 1. The number of aliphatic imine (C=N–C) groups is 1. The third-order valence-electron chi connectivity index (χ3n) is 3.56. The van der Waals surface area contributed by atoms with E-state index in [0.717, 1.165) is 17.9 Å². The molecule has 0 saturated heterocycles. The predicted octanol–water partition coefficient (Wildman–Crippen LogP) is 0.0166. The van der Waals surface area contributed by atoms with E-state index in [1.807, 2.05) is 6.92 Å². The number of nitrogens with one attached hydrogen (secondary N) is 2. The van der Waals surface area contributed by atoms with Crippen LogP contribution in [0, 0.1) is 12.3 Å². The monoisotopic (exact) mass is 409 g/mol. The summed E-state index contributed by atoms with van der Waals surface area (Å²) in [6.45, 7) is 2.54. The van der Waals surface area contributed by atoms with E-state index >= 15 is 0 Å². The predicted molar refractivity (Wildman–Crippen MR) is 109 cm³/mol. The van der Waals surface area contributed by atoms with Gasteiger partial charge in [0, 0.05) is 22.6 Å². The molecule has 152 valence electrons. The molecule has 0 radical (unpaired) electrons. The van der Waals surface area contributed by atoms with Crippen molar-refractivity contribution in [1.29, 1.82) is 5.41 Å². The summed E-state index contributed by atoms with van der Waals surface area (Å²) >= 11 is 6.03. The van der Waals surface area contributed by atoms with E-state index in [9.17, 15) is 20.1 Å². The maximum Gasteiger partial charge on any atom is 0.282 e. The van der Waals surface area contributed by atoms with Crippen LogP contribution in [0.5, 0.6) is 0 Å². The molecule has 0 saturated carbocycles. The second-order valence-corrected chi connectivity index (χ2v) is 6.46. The van der Waals surface area contributed by atoms with E-state index in [2.05, 4.69) is 10.3 Å². The van der Waals surface area contributed by atoms with E-state index in [-0.39, 0.29) is 5.70 Å². The molecule has 1 amide bonds. The number of aryl methyl sites for hydroxylation is 1. The van der Waals surface area contributed by atoms with Gasteiger partial charge in [0.15, 0.2) is 0 Å². The van der Waals surface area contributed by atoms with Gasteiger partial charge in [-0.05, 0) is 43.2 Å². The van der Waals surface area contributed by atoms with Gasteiger partial charge in [-0.2, -0.15) is 0 Å². The molecule has 0 aliphatic heterocycles. The SMILES string of the molecule is Cc1ccc(/C(N)=C/C=N/C(O)(O)CNC(=O)C(=N)/C=C(\N)C(C)O)cc1Cl. The Morgan fingerprint density at radius 3 is 2.64 bits per heavy atom. The Hall–Kier alpha value is -2.72. The van der Waals surface area contributed by atoms with Gasteiger partial charge in [-0.3, -0.25) is 10.2 Å². The zero-order chi connectivity index (χ0) is 21.5. The first-order valence-electron chi connectivity index (χ1n) is 8.17. The van der Waals surface area contributed by atoms with Crippen molar-refractivity contribution in [3.05, 3.63) is 52.2 Å². The molecule has 10 heteroatoms. The topological polar surface area (TPSA) is 178 Å². The lowest BCUT2D eigenvalue weighted by Gasteiger charge is -2.16. The van der Waals surface area contributed by atoms with E-state index < -0.39 is 30.2 Å². The number of nitrogens with two attached hydrogens (primary N) is 2. The summed E-state index contributed by atoms with van der Waals surface area (Å²) in [5.41, 5.74) is 12.5. The van der Waals surface area contributed by atoms with Crippen molar-refractivity contribution in [3.63, 3.8) is 0 Å². The molecule has 1 aromatic rings. The summed E-state index contributed by atoms with van der Waals surface area (Å²) in [4.78, 5) is 15.3. The van der Waals surface area contributed by atoms with Crippen LogP contribution in [0.25, 0.3) is 5.70 Å². The fourth-order valence-corrected chi connectivity index (χ4v) is 1.98. The van der Waals surface area contributed by atoms with Gasteiger partial charge >= 0.3 is 0 Å². The second-order valence-electron chi connectivity index (χ2n) is 6.06. The van der Waals surface area contributed by atoms with Gasteiger partial charge in [0.1, 0.15) is 5.71 Å². The number of rotatable bonds is 8. The summed E-state index contributed by atoms with van der Waals surface area (Å²) in [7, 11) is 0. The largest absolute Gasteiger partial charge is 0.400 e. The number of carbonyl (C=O) groups is 1. The summed E-state index contributed by atoms with van der Waals surface area (Å²) in [5.74, 6) is -3.53. The number of benzene rings is 1. The first kappa shape index (κ1) is 23.3. The minimum absolute atomic E-state index is 0.0748. The van der Waals surface area contributed by atoms with Gasteiger partial charge in [-0.1, -0.05) is 23.7 Å². The van der Waals surface area contributed by atoms with E-state index in [4.69, 9.17) is 28.5 Å². The average Bonchev–Trinajstić information content (AvgIpc) is 2.61. The number of aliphatic hydroxyl groups is 3. The van der Waals surface area contributed by atoms with Crippen molar-refractivity contribution in [2.45, 2.75) is 25.9 Å². The lowest BCUT2D eigenvalue weighted by molar-refractivity contribution is -0.151. The van der Waals surface area contributed by atoms with Crippen molar-refractivity contribution >= 4 is 35.1 Å². The highest BCUT2D eigenvalue weighted by atomic mass is 35.5. The minimum Gasteiger partial charge on any atom is -0.400 e. The molecule has 0 aromatic heterocycles. The molecule has 0 heterocycles. The Bertz CT molecular complexity index is 831. The van der Waals surface area contributed by atoms with E-state index in [1.165, 1.54) is 13.0 Å². The Balaban J connectivity index is 2.69. The smallest absolute Gasteiger partial charge is 0.282 e. The van der Waals surface area contributed by atoms with Gasteiger partial charge in [0.05, 0.1) is 12.6 Å². The Kier molecular flexibility index (Phi) is 8.33. The van der Waals surface area contributed by atoms with Crippen LogP contribution in [0.2, 0.25) is 5.02 Å². The Morgan fingerprint density at radius 1 is 1.43 bits per heavy atom. The first-order chi connectivity index (χ1) is 12.9. The van der Waals surface area contributed by atoms with Gasteiger partial charge < -0.3 is 32.1 Å². The minimum atomic E-state index is -2.61. The molecule has 0 spiro atoms. The number of halogens is 1. The van der Waals surface area contributed by atoms with Crippen LogP contribution < -0.4 is 16.8 Å². The molecule has 9 nitrogen and oxygen atoms in total. The number of hydrogen-bond donors (Lipinski definition) is 7. The summed E-state index contributed by atoms with van der Waals surface area (Å²) in [5, 5.41) is 39.0. The highest BCUT2D eigenvalue weighted by Gasteiger charge is 2.22. The number of allylic oxidation sites excluding steroid dienone is 1. The maximum atomic E-state index is 11.7. The lowest BCUT2D eigenvalue weighted by Crippen LogP contribution is -2.43. The van der Waals surface area contributed by atoms with Crippen LogP contribution in [-0.2, 0) is 4.79 Å². The van der Waals surface area contributed by atoms with Crippen LogP contribution in [0.3, 0.4) is 0 Å². The number of aliphatic hydroxyl groups excluding tert-OH is 1. The van der Waals surface area contributed by atoms with E-state index in [0.29, 0.717) is 16.3 Å². The highest BCUT2D eigenvalue weighted by molar-refractivity contribution is 6.42. The van der Waals surface area contributed by atoms with E-state index in [1.54, 1.807) is 18.2 Å². The summed E-state index contributed by atoms with van der Waals surface area (Å²) < 4.78 is 0. The molecule has 0 bridgehead atoms. The Morgan fingerprint density at radius 2 is 2.07 bits per heavy atom. The fraction of sp³-hybridized carbons (Fsp3) is 0.278. The molecule has 1 rings (SSSR count). The quantitative estimate of drug-likeness (QED) is 0.235. The van der Waals surface area contributed by atoms with Crippen LogP contribution in [0.15, 0.2) is 41.0 Å². The molecular weight excluding hydrogens is 386 g/mol. The molecule has 9 N–H and O–H groups in total. The third-order valence-corrected chi connectivity index (χ3v) is 3.97. The van der Waals surface area contributed by atoms with Crippen LogP contribution in [0.1, 0.15) is 18.1 Å². The number of carbonyl (C=O) groups excluding carboxylic acids is 1. The normalized spacial score (nSPS) is 14.2. The zero-order valence-electron chi connectivity index (χ0n) is 15.5. The van der Waals surface area contributed by atoms with Gasteiger partial charge in [0.2, 0.25) is 0 Å². The van der Waals surface area contributed by atoms with Crippen molar-refractivity contribution < 1.29 is 20.1 Å². The standard InChI is InChI=1S/C18H24ClN5O4/c1-10-3-4-12(7-13(10)19)14(20)5-6-24-18(27,28)9-23-17(26)16(22)8-15(21)11(2)25/h3-8,11,22,25,27-28H,9,20-21H2,1-2H3,(H,23,26)/b14-5-,15-8-,22-16?,24-6+.